The minimum Gasteiger partial charge on any atom is -0.490 e. The molecule has 0 unspecified atom stereocenters. The van der Waals surface area contributed by atoms with Crippen LogP contribution in [0.15, 0.2) is 72.8 Å². The SMILES string of the molecule is C=CCc1cc(/C=C(\C#N)C(=O)Nc2cccc(C)c2C)cc(OCC)c1OCc1cccc(Cl)c1. The molecule has 0 atom stereocenters. The van der Waals surface area contributed by atoms with Crippen LogP contribution in [0.3, 0.4) is 0 Å². The Morgan fingerprint density at radius 2 is 1.92 bits per heavy atom. The fourth-order valence-electron chi connectivity index (χ4n) is 3.67. The molecule has 0 spiro atoms. The highest BCUT2D eigenvalue weighted by molar-refractivity contribution is 6.30. The van der Waals surface area contributed by atoms with Gasteiger partial charge in [0.05, 0.1) is 6.61 Å². The molecular weight excluding hydrogens is 472 g/mol. The maximum absolute atomic E-state index is 12.9. The van der Waals surface area contributed by atoms with Crippen molar-refractivity contribution in [1.29, 1.82) is 5.26 Å². The molecular formula is C30H29ClN2O3. The Balaban J connectivity index is 1.94. The van der Waals surface area contributed by atoms with Gasteiger partial charge in [-0.05, 0) is 85.9 Å². The largest absolute Gasteiger partial charge is 0.490 e. The summed E-state index contributed by atoms with van der Waals surface area (Å²) in [7, 11) is 0. The summed E-state index contributed by atoms with van der Waals surface area (Å²) in [5.41, 5.74) is 5.07. The van der Waals surface area contributed by atoms with E-state index in [-0.39, 0.29) is 5.57 Å². The quantitative estimate of drug-likeness (QED) is 0.181. The van der Waals surface area contributed by atoms with Gasteiger partial charge in [-0.25, -0.2) is 0 Å². The minimum atomic E-state index is -0.476. The summed E-state index contributed by atoms with van der Waals surface area (Å²) >= 11 is 6.11. The van der Waals surface area contributed by atoms with Crippen molar-refractivity contribution in [3.05, 3.63) is 106 Å². The number of hydrogen-bond acceptors (Lipinski definition) is 4. The fourth-order valence-corrected chi connectivity index (χ4v) is 3.89. The lowest BCUT2D eigenvalue weighted by molar-refractivity contribution is -0.112. The molecule has 1 N–H and O–H groups in total. The average molecular weight is 501 g/mol. The second-order valence-corrected chi connectivity index (χ2v) is 8.66. The van der Waals surface area contributed by atoms with Crippen molar-refractivity contribution in [3.63, 3.8) is 0 Å². The van der Waals surface area contributed by atoms with Crippen LogP contribution in [-0.2, 0) is 17.8 Å². The van der Waals surface area contributed by atoms with Crippen LogP contribution in [0.1, 0.15) is 34.7 Å². The highest BCUT2D eigenvalue weighted by Gasteiger charge is 2.16. The van der Waals surface area contributed by atoms with Crippen LogP contribution in [-0.4, -0.2) is 12.5 Å². The fraction of sp³-hybridized carbons (Fsp3) is 0.200. The zero-order chi connectivity index (χ0) is 26.1. The van der Waals surface area contributed by atoms with E-state index in [0.717, 1.165) is 22.3 Å². The maximum Gasteiger partial charge on any atom is 0.266 e. The lowest BCUT2D eigenvalue weighted by Gasteiger charge is -2.17. The standard InChI is InChI=1S/C30H29ClN2O3/c1-5-9-24-14-23(15-25(18-32)30(34)33-27-13-7-10-20(3)21(27)4)17-28(35-6-2)29(24)36-19-22-11-8-12-26(31)16-22/h5,7-8,10-17H,1,6,9,19H2,2-4H3,(H,33,34)/b25-15+. The van der Waals surface area contributed by atoms with E-state index in [1.807, 2.05) is 75.4 Å². The van der Waals surface area contributed by atoms with Crippen LogP contribution >= 0.6 is 11.6 Å². The van der Waals surface area contributed by atoms with Crippen LogP contribution < -0.4 is 14.8 Å². The number of amides is 1. The van der Waals surface area contributed by atoms with Crippen molar-refractivity contribution in [2.75, 3.05) is 11.9 Å². The number of nitrogens with one attached hydrogen (secondary N) is 1. The van der Waals surface area contributed by atoms with Gasteiger partial charge in [-0.2, -0.15) is 5.26 Å². The number of rotatable bonds is 10. The number of ether oxygens (including phenoxy) is 2. The van der Waals surface area contributed by atoms with Gasteiger partial charge in [0.25, 0.3) is 5.91 Å². The maximum atomic E-state index is 12.9. The summed E-state index contributed by atoms with van der Waals surface area (Å²) in [4.78, 5) is 12.9. The molecule has 0 aliphatic carbocycles. The third-order valence-corrected chi connectivity index (χ3v) is 5.85. The molecule has 0 bridgehead atoms. The number of benzene rings is 3. The van der Waals surface area contributed by atoms with Crippen molar-refractivity contribution < 1.29 is 14.3 Å². The van der Waals surface area contributed by atoms with Gasteiger partial charge in [-0.1, -0.05) is 41.9 Å². The molecule has 0 aliphatic rings. The molecule has 0 saturated carbocycles. The highest BCUT2D eigenvalue weighted by Crippen LogP contribution is 2.35. The Kier molecular flexibility index (Phi) is 9.32. The average Bonchev–Trinajstić information content (AvgIpc) is 2.85. The van der Waals surface area contributed by atoms with Gasteiger partial charge in [-0.15, -0.1) is 6.58 Å². The van der Waals surface area contributed by atoms with Crippen molar-refractivity contribution in [2.45, 2.75) is 33.8 Å². The lowest BCUT2D eigenvalue weighted by Crippen LogP contribution is -2.14. The second-order valence-electron chi connectivity index (χ2n) is 8.22. The smallest absolute Gasteiger partial charge is 0.266 e. The van der Waals surface area contributed by atoms with E-state index in [1.165, 1.54) is 0 Å². The van der Waals surface area contributed by atoms with E-state index in [9.17, 15) is 10.1 Å². The first-order valence-electron chi connectivity index (χ1n) is 11.6. The summed E-state index contributed by atoms with van der Waals surface area (Å²) in [6.45, 7) is 10.4. The molecule has 1 amide bonds. The molecule has 3 aromatic rings. The first-order valence-corrected chi connectivity index (χ1v) is 12.0. The Hall–Kier alpha value is -4.01. The van der Waals surface area contributed by atoms with E-state index < -0.39 is 5.91 Å². The Morgan fingerprint density at radius 1 is 1.14 bits per heavy atom. The van der Waals surface area contributed by atoms with Crippen molar-refractivity contribution in [3.8, 4) is 17.6 Å². The van der Waals surface area contributed by atoms with Gasteiger partial charge < -0.3 is 14.8 Å². The Bertz CT molecular complexity index is 1340. The zero-order valence-corrected chi connectivity index (χ0v) is 21.5. The topological polar surface area (TPSA) is 71.4 Å². The highest BCUT2D eigenvalue weighted by atomic mass is 35.5. The molecule has 36 heavy (non-hydrogen) atoms. The molecule has 0 aliphatic heterocycles. The van der Waals surface area contributed by atoms with Crippen molar-refractivity contribution in [1.82, 2.24) is 0 Å². The van der Waals surface area contributed by atoms with Crippen molar-refractivity contribution >= 4 is 29.3 Å². The predicted molar refractivity (Wildman–Crippen MR) is 145 cm³/mol. The molecule has 0 saturated heterocycles. The van der Waals surface area contributed by atoms with E-state index >= 15 is 0 Å². The van der Waals surface area contributed by atoms with Crippen LogP contribution in [0.4, 0.5) is 5.69 Å². The van der Waals surface area contributed by atoms with Gasteiger partial charge in [-0.3, -0.25) is 4.79 Å². The first-order chi connectivity index (χ1) is 17.4. The number of carbonyl (C=O) groups excluding carboxylic acids is 1. The van der Waals surface area contributed by atoms with Gasteiger partial charge in [0.15, 0.2) is 11.5 Å². The molecule has 0 fully saturated rings. The normalized spacial score (nSPS) is 10.9. The number of allylic oxidation sites excluding steroid dienone is 1. The Morgan fingerprint density at radius 3 is 2.61 bits per heavy atom. The third-order valence-electron chi connectivity index (χ3n) is 5.62. The number of nitrogens with zero attached hydrogens (tertiary/aromatic N) is 1. The zero-order valence-electron chi connectivity index (χ0n) is 20.7. The number of aryl methyl sites for hydroxylation is 1. The van der Waals surface area contributed by atoms with E-state index in [1.54, 1.807) is 18.2 Å². The van der Waals surface area contributed by atoms with Gasteiger partial charge in [0, 0.05) is 16.3 Å². The molecule has 0 heterocycles. The van der Waals surface area contributed by atoms with E-state index in [2.05, 4.69) is 11.9 Å². The van der Waals surface area contributed by atoms with Crippen LogP contribution in [0.5, 0.6) is 11.5 Å². The monoisotopic (exact) mass is 500 g/mol. The third kappa shape index (κ3) is 6.78. The van der Waals surface area contributed by atoms with Gasteiger partial charge in [0.1, 0.15) is 18.2 Å². The molecule has 3 rings (SSSR count). The summed E-state index contributed by atoms with van der Waals surface area (Å²) in [6.07, 6.45) is 3.84. The van der Waals surface area contributed by atoms with Crippen LogP contribution in [0, 0.1) is 25.2 Å². The number of anilines is 1. The molecule has 5 nitrogen and oxygen atoms in total. The number of halogens is 1. The Labute approximate surface area is 217 Å². The number of nitriles is 1. The molecule has 6 heteroatoms. The number of hydrogen-bond donors (Lipinski definition) is 1. The van der Waals surface area contributed by atoms with E-state index in [4.69, 9.17) is 21.1 Å². The molecule has 0 radical (unpaired) electrons. The molecule has 3 aromatic carbocycles. The lowest BCUT2D eigenvalue weighted by atomic mass is 10.0. The van der Waals surface area contributed by atoms with Gasteiger partial charge in [0.2, 0.25) is 0 Å². The minimum absolute atomic E-state index is 0.0181. The molecule has 0 aromatic heterocycles. The van der Waals surface area contributed by atoms with E-state index in [0.29, 0.717) is 47.4 Å². The van der Waals surface area contributed by atoms with Crippen molar-refractivity contribution in [2.24, 2.45) is 0 Å². The summed E-state index contributed by atoms with van der Waals surface area (Å²) < 4.78 is 12.0. The first kappa shape index (κ1) is 26.6. The summed E-state index contributed by atoms with van der Waals surface area (Å²) in [5, 5.41) is 13.2. The summed E-state index contributed by atoms with van der Waals surface area (Å²) in [5.74, 6) is 0.639. The molecule has 184 valence electrons. The van der Waals surface area contributed by atoms with Gasteiger partial charge >= 0.3 is 0 Å². The second kappa shape index (κ2) is 12.6. The summed E-state index contributed by atoms with van der Waals surface area (Å²) in [6, 6.07) is 18.8. The number of carbonyl (C=O) groups is 1. The van der Waals surface area contributed by atoms with Crippen LogP contribution in [0.25, 0.3) is 6.08 Å². The van der Waals surface area contributed by atoms with Crippen LogP contribution in [0.2, 0.25) is 5.02 Å². The predicted octanol–water partition coefficient (Wildman–Crippen LogP) is 7.21.